The summed E-state index contributed by atoms with van der Waals surface area (Å²) in [6.07, 6.45) is 11.2. The molecule has 1 aromatic rings. The monoisotopic (exact) mass is 295 g/mol. The Morgan fingerprint density at radius 2 is 1.77 bits per heavy atom. The summed E-state index contributed by atoms with van der Waals surface area (Å²) in [5, 5.41) is 7.19. The van der Waals surface area contributed by atoms with Gasteiger partial charge in [0.15, 0.2) is 0 Å². The van der Waals surface area contributed by atoms with Gasteiger partial charge in [-0.3, -0.25) is 0 Å². The second-order valence-electron chi connectivity index (χ2n) is 6.02. The Kier molecular flexibility index (Phi) is 5.22. The molecule has 1 aliphatic carbocycles. The lowest BCUT2D eigenvalue weighted by atomic mass is 9.96. The van der Waals surface area contributed by atoms with Crippen molar-refractivity contribution in [1.82, 2.24) is 10.6 Å². The predicted molar refractivity (Wildman–Crippen MR) is 92.4 cm³/mol. The van der Waals surface area contributed by atoms with Crippen LogP contribution in [0.5, 0.6) is 0 Å². The van der Waals surface area contributed by atoms with Crippen molar-refractivity contribution >= 4 is 0 Å². The van der Waals surface area contributed by atoms with E-state index in [4.69, 9.17) is 5.73 Å². The average molecular weight is 295 g/mol. The van der Waals surface area contributed by atoms with E-state index in [-0.39, 0.29) is 0 Å². The Balaban J connectivity index is 1.48. The van der Waals surface area contributed by atoms with Gasteiger partial charge in [0.1, 0.15) is 0 Å². The summed E-state index contributed by atoms with van der Waals surface area (Å²) in [7, 11) is 0. The van der Waals surface area contributed by atoms with Gasteiger partial charge in [-0.1, -0.05) is 48.6 Å². The summed E-state index contributed by atoms with van der Waals surface area (Å²) in [4.78, 5) is 0. The van der Waals surface area contributed by atoms with E-state index in [0.29, 0.717) is 12.6 Å². The van der Waals surface area contributed by atoms with Crippen LogP contribution < -0.4 is 16.4 Å². The van der Waals surface area contributed by atoms with Crippen LogP contribution in [0.1, 0.15) is 24.0 Å². The van der Waals surface area contributed by atoms with E-state index in [9.17, 15) is 0 Å². The standard InChI is InChI=1S/C19H25N3/c20-11-15-6-8-16(9-7-15)12-21-14-19-10-17-4-2-1-3-5-18(17)13-22-19/h2-9,19,21-22H,1,10-14,20H2. The van der Waals surface area contributed by atoms with E-state index in [0.717, 1.165) is 32.5 Å². The maximum atomic E-state index is 5.62. The molecule has 3 rings (SSSR count). The minimum atomic E-state index is 0.512. The first-order valence-corrected chi connectivity index (χ1v) is 8.12. The molecule has 1 aliphatic heterocycles. The van der Waals surface area contributed by atoms with Crippen LogP contribution in [0, 0.1) is 0 Å². The molecular weight excluding hydrogens is 270 g/mol. The Morgan fingerprint density at radius 3 is 2.55 bits per heavy atom. The summed E-state index contributed by atoms with van der Waals surface area (Å²) in [6, 6.07) is 9.04. The molecule has 2 aliphatic rings. The van der Waals surface area contributed by atoms with Crippen LogP contribution in [-0.2, 0) is 13.1 Å². The van der Waals surface area contributed by atoms with Gasteiger partial charge in [-0.2, -0.15) is 0 Å². The molecule has 0 amide bonds. The fourth-order valence-electron chi connectivity index (χ4n) is 3.01. The van der Waals surface area contributed by atoms with Gasteiger partial charge in [-0.25, -0.2) is 0 Å². The molecule has 0 saturated heterocycles. The van der Waals surface area contributed by atoms with Crippen LogP contribution in [0.15, 0.2) is 59.7 Å². The quantitative estimate of drug-likeness (QED) is 0.782. The number of allylic oxidation sites excluding steroid dienone is 3. The molecule has 1 unspecified atom stereocenters. The van der Waals surface area contributed by atoms with Crippen molar-refractivity contribution < 1.29 is 0 Å². The van der Waals surface area contributed by atoms with E-state index in [1.165, 1.54) is 22.3 Å². The molecule has 1 heterocycles. The summed E-state index contributed by atoms with van der Waals surface area (Å²) in [5.41, 5.74) is 11.1. The van der Waals surface area contributed by atoms with E-state index < -0.39 is 0 Å². The minimum Gasteiger partial charge on any atom is -0.326 e. The second kappa shape index (κ2) is 7.54. The first-order valence-electron chi connectivity index (χ1n) is 8.12. The van der Waals surface area contributed by atoms with Gasteiger partial charge in [0.2, 0.25) is 0 Å². The molecule has 0 radical (unpaired) electrons. The number of benzene rings is 1. The molecule has 0 fully saturated rings. The third-order valence-corrected chi connectivity index (χ3v) is 4.35. The summed E-state index contributed by atoms with van der Waals surface area (Å²) in [5.74, 6) is 0. The Morgan fingerprint density at radius 1 is 1.05 bits per heavy atom. The highest BCUT2D eigenvalue weighted by Gasteiger charge is 2.17. The number of hydrogen-bond donors (Lipinski definition) is 3. The van der Waals surface area contributed by atoms with E-state index in [1.807, 2.05) is 0 Å². The van der Waals surface area contributed by atoms with Gasteiger partial charge in [-0.05, 0) is 35.1 Å². The van der Waals surface area contributed by atoms with E-state index in [1.54, 1.807) is 0 Å². The van der Waals surface area contributed by atoms with Crippen LogP contribution in [0.4, 0.5) is 0 Å². The minimum absolute atomic E-state index is 0.512. The highest BCUT2D eigenvalue weighted by molar-refractivity contribution is 5.39. The maximum Gasteiger partial charge on any atom is 0.0236 e. The zero-order valence-electron chi connectivity index (χ0n) is 13.0. The smallest absolute Gasteiger partial charge is 0.0236 e. The normalized spacial score (nSPS) is 20.9. The van der Waals surface area contributed by atoms with Crippen molar-refractivity contribution in [3.8, 4) is 0 Å². The zero-order valence-corrected chi connectivity index (χ0v) is 13.0. The van der Waals surface area contributed by atoms with Crippen LogP contribution in [0.2, 0.25) is 0 Å². The second-order valence-corrected chi connectivity index (χ2v) is 6.02. The number of hydrogen-bond acceptors (Lipinski definition) is 3. The Hall–Kier alpha value is -1.68. The highest BCUT2D eigenvalue weighted by atomic mass is 15.0. The lowest BCUT2D eigenvalue weighted by Gasteiger charge is -2.26. The van der Waals surface area contributed by atoms with Crippen molar-refractivity contribution in [2.24, 2.45) is 5.73 Å². The van der Waals surface area contributed by atoms with Crippen LogP contribution >= 0.6 is 0 Å². The Labute approximate surface area is 133 Å². The lowest BCUT2D eigenvalue weighted by molar-refractivity contribution is 0.471. The van der Waals surface area contributed by atoms with Crippen LogP contribution in [-0.4, -0.2) is 19.1 Å². The number of rotatable bonds is 5. The highest BCUT2D eigenvalue weighted by Crippen LogP contribution is 2.21. The van der Waals surface area contributed by atoms with Crippen molar-refractivity contribution in [3.05, 3.63) is 70.8 Å². The molecule has 3 nitrogen and oxygen atoms in total. The summed E-state index contributed by atoms with van der Waals surface area (Å²) >= 11 is 0. The van der Waals surface area contributed by atoms with Crippen molar-refractivity contribution in [1.29, 1.82) is 0 Å². The first kappa shape index (κ1) is 15.2. The van der Waals surface area contributed by atoms with E-state index in [2.05, 4.69) is 59.2 Å². The molecule has 116 valence electrons. The average Bonchev–Trinajstić information content (AvgIpc) is 2.80. The third-order valence-electron chi connectivity index (χ3n) is 4.35. The predicted octanol–water partition coefficient (Wildman–Crippen LogP) is 2.41. The number of nitrogens with two attached hydrogens (primary N) is 1. The van der Waals surface area contributed by atoms with Crippen LogP contribution in [0.25, 0.3) is 0 Å². The molecular formula is C19H25N3. The molecule has 0 aromatic heterocycles. The zero-order chi connectivity index (χ0) is 15.2. The van der Waals surface area contributed by atoms with Crippen molar-refractivity contribution in [2.75, 3.05) is 13.1 Å². The summed E-state index contributed by atoms with van der Waals surface area (Å²) in [6.45, 7) is 3.49. The van der Waals surface area contributed by atoms with Gasteiger partial charge in [-0.15, -0.1) is 0 Å². The third kappa shape index (κ3) is 3.95. The first-order chi connectivity index (χ1) is 10.8. The van der Waals surface area contributed by atoms with Gasteiger partial charge in [0.05, 0.1) is 0 Å². The Bertz CT molecular complexity index is 581. The molecule has 0 bridgehead atoms. The lowest BCUT2D eigenvalue weighted by Crippen LogP contribution is -2.42. The van der Waals surface area contributed by atoms with Crippen molar-refractivity contribution in [3.63, 3.8) is 0 Å². The summed E-state index contributed by atoms with van der Waals surface area (Å²) < 4.78 is 0. The van der Waals surface area contributed by atoms with E-state index >= 15 is 0 Å². The molecule has 22 heavy (non-hydrogen) atoms. The van der Waals surface area contributed by atoms with Gasteiger partial charge < -0.3 is 16.4 Å². The topological polar surface area (TPSA) is 50.1 Å². The fourth-order valence-corrected chi connectivity index (χ4v) is 3.01. The molecule has 1 aromatic carbocycles. The maximum absolute atomic E-state index is 5.62. The molecule has 1 atom stereocenters. The SMILES string of the molecule is NCc1ccc(CNCC2CC3=C(C=CCC=C3)CN2)cc1. The van der Waals surface area contributed by atoms with Gasteiger partial charge in [0.25, 0.3) is 0 Å². The van der Waals surface area contributed by atoms with Gasteiger partial charge in [0, 0.05) is 32.2 Å². The van der Waals surface area contributed by atoms with Crippen LogP contribution in [0.3, 0.4) is 0 Å². The fraction of sp³-hybridized carbons (Fsp3) is 0.368. The largest absolute Gasteiger partial charge is 0.326 e. The molecule has 0 spiro atoms. The van der Waals surface area contributed by atoms with Crippen molar-refractivity contribution in [2.45, 2.75) is 32.0 Å². The van der Waals surface area contributed by atoms with Gasteiger partial charge >= 0.3 is 0 Å². The molecule has 0 saturated carbocycles. The molecule has 3 heteroatoms. The molecule has 4 N–H and O–H groups in total. The number of nitrogens with one attached hydrogen (secondary N) is 2.